The van der Waals surface area contributed by atoms with Crippen LogP contribution in [0.3, 0.4) is 0 Å². The van der Waals surface area contributed by atoms with E-state index in [1.54, 1.807) is 0 Å². The minimum Gasteiger partial charge on any atom is -0.368 e. The summed E-state index contributed by atoms with van der Waals surface area (Å²) in [5.74, 6) is -0.556. The van der Waals surface area contributed by atoms with Crippen molar-refractivity contribution in [1.82, 2.24) is 5.32 Å². The Morgan fingerprint density at radius 3 is 2.78 bits per heavy atom. The Morgan fingerprint density at radius 1 is 1.33 bits per heavy atom. The summed E-state index contributed by atoms with van der Waals surface area (Å²) < 4.78 is 32.4. The maximum absolute atomic E-state index is 13.7. The second kappa shape index (κ2) is 5.76. The van der Waals surface area contributed by atoms with Crippen molar-refractivity contribution in [3.63, 3.8) is 0 Å². The van der Waals surface area contributed by atoms with Crippen molar-refractivity contribution in [2.75, 3.05) is 13.1 Å². The Kier molecular flexibility index (Phi) is 4.30. The highest BCUT2D eigenvalue weighted by atomic mass is 19.1. The molecule has 1 heterocycles. The van der Waals surface area contributed by atoms with Crippen LogP contribution in [-0.4, -0.2) is 19.2 Å². The largest absolute Gasteiger partial charge is 0.368 e. The van der Waals surface area contributed by atoms with Crippen LogP contribution >= 0.6 is 0 Å². The lowest BCUT2D eigenvalue weighted by atomic mass is 10.0. The van der Waals surface area contributed by atoms with Gasteiger partial charge in [-0.25, -0.2) is 8.78 Å². The summed E-state index contributed by atoms with van der Waals surface area (Å²) >= 11 is 0. The molecule has 4 heteroatoms. The fourth-order valence-corrected chi connectivity index (χ4v) is 2.31. The van der Waals surface area contributed by atoms with E-state index in [1.165, 1.54) is 12.1 Å². The van der Waals surface area contributed by atoms with Crippen molar-refractivity contribution in [1.29, 1.82) is 0 Å². The molecule has 2 rings (SSSR count). The first kappa shape index (κ1) is 13.4. The molecule has 18 heavy (non-hydrogen) atoms. The molecule has 1 fully saturated rings. The Balaban J connectivity index is 2.08. The lowest BCUT2D eigenvalue weighted by Gasteiger charge is -2.32. The van der Waals surface area contributed by atoms with Crippen LogP contribution in [0.4, 0.5) is 8.78 Å². The summed E-state index contributed by atoms with van der Waals surface area (Å²) in [7, 11) is 0. The zero-order chi connectivity index (χ0) is 13.1. The van der Waals surface area contributed by atoms with Gasteiger partial charge in [0.2, 0.25) is 0 Å². The first-order valence-corrected chi connectivity index (χ1v) is 6.37. The summed E-state index contributed by atoms with van der Waals surface area (Å²) in [6, 6.07) is 3.65. The minimum absolute atomic E-state index is 0.0909. The van der Waals surface area contributed by atoms with Crippen molar-refractivity contribution in [3.05, 3.63) is 35.4 Å². The predicted molar refractivity (Wildman–Crippen MR) is 66.3 cm³/mol. The zero-order valence-corrected chi connectivity index (χ0v) is 10.7. The highest BCUT2D eigenvalue weighted by Gasteiger charge is 2.25. The molecule has 0 spiro atoms. The number of hydrogen-bond acceptors (Lipinski definition) is 2. The number of hydrogen-bond donors (Lipinski definition) is 1. The van der Waals surface area contributed by atoms with E-state index >= 15 is 0 Å². The van der Waals surface area contributed by atoms with Crippen molar-refractivity contribution in [3.8, 4) is 0 Å². The summed E-state index contributed by atoms with van der Waals surface area (Å²) in [6.07, 6.45) is 0.697. The summed E-state index contributed by atoms with van der Waals surface area (Å²) in [4.78, 5) is 0. The molecule has 2 nitrogen and oxygen atoms in total. The third-order valence-corrected chi connectivity index (χ3v) is 3.10. The lowest BCUT2D eigenvalue weighted by Crippen LogP contribution is -2.41. The van der Waals surface area contributed by atoms with Crippen LogP contribution in [0.5, 0.6) is 0 Å². The topological polar surface area (TPSA) is 21.3 Å². The van der Waals surface area contributed by atoms with Crippen LogP contribution in [0.25, 0.3) is 0 Å². The van der Waals surface area contributed by atoms with E-state index in [4.69, 9.17) is 4.74 Å². The first-order valence-electron chi connectivity index (χ1n) is 6.37. The number of rotatable bonds is 3. The molecule has 1 N–H and O–H groups in total. The molecular weight excluding hydrogens is 236 g/mol. The normalized spacial score (nSPS) is 24.5. The van der Waals surface area contributed by atoms with Gasteiger partial charge in [-0.2, -0.15) is 0 Å². The summed E-state index contributed by atoms with van der Waals surface area (Å²) in [5.41, 5.74) is 0.428. The van der Waals surface area contributed by atoms with Crippen LogP contribution in [0.15, 0.2) is 18.2 Å². The molecule has 0 bridgehead atoms. The lowest BCUT2D eigenvalue weighted by molar-refractivity contribution is -0.0488. The molecule has 2 unspecified atom stereocenters. The third kappa shape index (κ3) is 3.27. The van der Waals surface area contributed by atoms with E-state index in [9.17, 15) is 8.78 Å². The Hall–Kier alpha value is -1.00. The van der Waals surface area contributed by atoms with Gasteiger partial charge < -0.3 is 10.1 Å². The molecule has 1 aromatic rings. The van der Waals surface area contributed by atoms with Crippen LogP contribution in [-0.2, 0) is 4.74 Å². The highest BCUT2D eigenvalue weighted by molar-refractivity contribution is 5.21. The van der Waals surface area contributed by atoms with Crippen molar-refractivity contribution in [2.45, 2.75) is 32.5 Å². The number of ether oxygens (including phenoxy) is 1. The van der Waals surface area contributed by atoms with E-state index in [0.717, 1.165) is 19.0 Å². The van der Waals surface area contributed by atoms with E-state index in [2.05, 4.69) is 19.2 Å². The predicted octanol–water partition coefficient (Wildman–Crippen LogP) is 3.04. The smallest absolute Gasteiger partial charge is 0.131 e. The van der Waals surface area contributed by atoms with Crippen LogP contribution in [0, 0.1) is 17.6 Å². The van der Waals surface area contributed by atoms with Gasteiger partial charge in [-0.3, -0.25) is 0 Å². The molecule has 0 aliphatic carbocycles. The summed E-state index contributed by atoms with van der Waals surface area (Å²) in [6.45, 7) is 5.62. The molecule has 1 aliphatic rings. The van der Waals surface area contributed by atoms with Gasteiger partial charge in [-0.05, 0) is 18.4 Å². The molecule has 2 atom stereocenters. The van der Waals surface area contributed by atoms with Crippen LogP contribution in [0.1, 0.15) is 31.9 Å². The second-order valence-electron chi connectivity index (χ2n) is 5.20. The fraction of sp³-hybridized carbons (Fsp3) is 0.571. The van der Waals surface area contributed by atoms with Gasteiger partial charge in [-0.15, -0.1) is 0 Å². The molecule has 100 valence electrons. The molecule has 1 saturated heterocycles. The molecule has 0 radical (unpaired) electrons. The van der Waals surface area contributed by atoms with Gasteiger partial charge in [0.15, 0.2) is 0 Å². The molecular formula is C14H19F2NO. The number of nitrogens with one attached hydrogen (secondary N) is 1. The van der Waals surface area contributed by atoms with Gasteiger partial charge >= 0.3 is 0 Å². The maximum Gasteiger partial charge on any atom is 0.131 e. The highest BCUT2D eigenvalue weighted by Crippen LogP contribution is 2.26. The van der Waals surface area contributed by atoms with Crippen LogP contribution in [0.2, 0.25) is 0 Å². The fourth-order valence-electron chi connectivity index (χ4n) is 2.31. The molecule has 0 aromatic heterocycles. The van der Waals surface area contributed by atoms with Crippen molar-refractivity contribution in [2.24, 2.45) is 5.92 Å². The van der Waals surface area contributed by atoms with E-state index in [-0.39, 0.29) is 12.2 Å². The Labute approximate surface area is 106 Å². The second-order valence-corrected chi connectivity index (χ2v) is 5.20. The van der Waals surface area contributed by atoms with Gasteiger partial charge in [0.1, 0.15) is 11.6 Å². The van der Waals surface area contributed by atoms with Crippen LogP contribution < -0.4 is 5.32 Å². The Bertz CT molecular complexity index is 409. The van der Waals surface area contributed by atoms with Gasteiger partial charge in [0, 0.05) is 24.7 Å². The third-order valence-electron chi connectivity index (χ3n) is 3.10. The SMILES string of the molecule is CC(C)CC1CNCC(c2ccc(F)cc2F)O1. The number of halogens is 2. The average molecular weight is 255 g/mol. The van der Waals surface area contributed by atoms with Gasteiger partial charge in [-0.1, -0.05) is 19.9 Å². The van der Waals surface area contributed by atoms with E-state index < -0.39 is 11.6 Å². The van der Waals surface area contributed by atoms with Crippen molar-refractivity contribution < 1.29 is 13.5 Å². The van der Waals surface area contributed by atoms with Gasteiger partial charge in [0.25, 0.3) is 0 Å². The van der Waals surface area contributed by atoms with Crippen molar-refractivity contribution >= 4 is 0 Å². The average Bonchev–Trinajstić information content (AvgIpc) is 2.28. The molecule has 1 aromatic carbocycles. The number of benzene rings is 1. The minimum atomic E-state index is -0.557. The molecule has 0 amide bonds. The van der Waals surface area contributed by atoms with E-state index in [1.807, 2.05) is 0 Å². The molecule has 0 saturated carbocycles. The quantitative estimate of drug-likeness (QED) is 0.896. The Morgan fingerprint density at radius 2 is 2.11 bits per heavy atom. The van der Waals surface area contributed by atoms with E-state index in [0.29, 0.717) is 18.0 Å². The van der Waals surface area contributed by atoms with Gasteiger partial charge in [0.05, 0.1) is 12.2 Å². The summed E-state index contributed by atoms with van der Waals surface area (Å²) in [5, 5.41) is 3.25. The zero-order valence-electron chi connectivity index (χ0n) is 10.7. The monoisotopic (exact) mass is 255 g/mol. The maximum atomic E-state index is 13.7. The number of morpholine rings is 1. The standard InChI is InChI=1S/C14H19F2NO/c1-9(2)5-11-7-17-8-14(18-11)12-4-3-10(15)6-13(12)16/h3-4,6,9,11,14,17H,5,7-8H2,1-2H3. The molecule has 1 aliphatic heterocycles. The first-order chi connectivity index (χ1) is 8.56.